The van der Waals surface area contributed by atoms with Gasteiger partial charge in [0.25, 0.3) is 0 Å². The number of nitrogens with zero attached hydrogens (tertiary/aromatic N) is 1. The number of aromatic nitrogens is 1. The van der Waals surface area contributed by atoms with E-state index in [1.807, 2.05) is 6.07 Å². The Bertz CT molecular complexity index is 949. The first-order valence-electron chi connectivity index (χ1n) is 9.58. The lowest BCUT2D eigenvalue weighted by Gasteiger charge is -2.18. The molecule has 0 aliphatic heterocycles. The van der Waals surface area contributed by atoms with Gasteiger partial charge in [0, 0.05) is 24.0 Å². The van der Waals surface area contributed by atoms with E-state index in [4.69, 9.17) is 4.74 Å². The van der Waals surface area contributed by atoms with E-state index in [1.165, 1.54) is 22.0 Å². The van der Waals surface area contributed by atoms with Gasteiger partial charge in [0.05, 0.1) is 12.6 Å². The number of hydrogen-bond donors (Lipinski definition) is 0. The van der Waals surface area contributed by atoms with Crippen molar-refractivity contribution in [1.82, 2.24) is 4.57 Å². The fourth-order valence-electron chi connectivity index (χ4n) is 3.93. The Hall–Kier alpha value is -3.00. The molecule has 0 aliphatic carbocycles. The van der Waals surface area contributed by atoms with Crippen molar-refractivity contribution in [2.24, 2.45) is 0 Å². The maximum absolute atomic E-state index is 5.49. The van der Waals surface area contributed by atoms with Crippen LogP contribution in [0.2, 0.25) is 0 Å². The van der Waals surface area contributed by atoms with Crippen LogP contribution in [0.1, 0.15) is 29.9 Å². The molecule has 0 atom stereocenters. The summed E-state index contributed by atoms with van der Waals surface area (Å²) in [6.07, 6.45) is 4.42. The maximum atomic E-state index is 5.49. The van der Waals surface area contributed by atoms with Crippen molar-refractivity contribution in [3.8, 4) is 5.75 Å². The van der Waals surface area contributed by atoms with Crippen LogP contribution in [0.15, 0.2) is 91.1 Å². The van der Waals surface area contributed by atoms with Crippen molar-refractivity contribution < 1.29 is 4.74 Å². The number of fused-ring (bicyclic) bond motifs is 1. The van der Waals surface area contributed by atoms with Crippen molar-refractivity contribution in [1.29, 1.82) is 0 Å². The van der Waals surface area contributed by atoms with Crippen molar-refractivity contribution in [2.75, 3.05) is 7.11 Å². The Morgan fingerprint density at radius 3 is 2.07 bits per heavy atom. The Labute approximate surface area is 161 Å². The smallest absolute Gasteiger partial charge is 0.128 e. The molecule has 0 aliphatic rings. The number of rotatable bonds is 7. The first-order chi connectivity index (χ1) is 13.4. The topological polar surface area (TPSA) is 14.2 Å². The van der Waals surface area contributed by atoms with Crippen LogP contribution < -0.4 is 4.74 Å². The zero-order chi connectivity index (χ0) is 18.5. The number of hydrogen-bond acceptors (Lipinski definition) is 1. The van der Waals surface area contributed by atoms with Gasteiger partial charge in [-0.25, -0.2) is 0 Å². The van der Waals surface area contributed by atoms with E-state index in [0.29, 0.717) is 5.92 Å². The molecule has 4 aromatic rings. The summed E-state index contributed by atoms with van der Waals surface area (Å²) < 4.78 is 7.82. The molecule has 0 radical (unpaired) electrons. The van der Waals surface area contributed by atoms with Crippen molar-refractivity contribution in [3.63, 3.8) is 0 Å². The van der Waals surface area contributed by atoms with Crippen LogP contribution in [0.25, 0.3) is 10.9 Å². The highest BCUT2D eigenvalue weighted by Crippen LogP contribution is 2.30. The van der Waals surface area contributed by atoms with Gasteiger partial charge < -0.3 is 9.30 Å². The van der Waals surface area contributed by atoms with Gasteiger partial charge in [0.1, 0.15) is 5.75 Å². The third kappa shape index (κ3) is 3.75. The molecule has 1 aromatic heterocycles. The van der Waals surface area contributed by atoms with Gasteiger partial charge in [-0.15, -0.1) is 0 Å². The number of ether oxygens (including phenoxy) is 1. The third-order valence-electron chi connectivity index (χ3n) is 5.29. The molecule has 0 bridgehead atoms. The largest absolute Gasteiger partial charge is 0.496 e. The molecule has 2 heteroatoms. The average Bonchev–Trinajstić information content (AvgIpc) is 3.16. The molecule has 0 fully saturated rings. The molecule has 0 N–H and O–H groups in total. The zero-order valence-corrected chi connectivity index (χ0v) is 15.7. The van der Waals surface area contributed by atoms with Crippen LogP contribution in [0.4, 0.5) is 0 Å². The summed E-state index contributed by atoms with van der Waals surface area (Å²) in [7, 11) is 1.73. The first-order valence-corrected chi connectivity index (χ1v) is 9.58. The predicted octanol–water partition coefficient (Wildman–Crippen LogP) is 6.26. The lowest BCUT2D eigenvalue weighted by Crippen LogP contribution is -2.04. The maximum Gasteiger partial charge on any atom is 0.128 e. The molecule has 0 spiro atoms. The van der Waals surface area contributed by atoms with Crippen LogP contribution in [-0.2, 0) is 6.54 Å². The number of benzene rings is 3. The molecule has 2 nitrogen and oxygen atoms in total. The summed E-state index contributed by atoms with van der Waals surface area (Å²) in [6.45, 7) is 1.01. The van der Waals surface area contributed by atoms with Crippen LogP contribution in [-0.4, -0.2) is 11.7 Å². The molecule has 136 valence electrons. The fraction of sp³-hybridized carbons (Fsp3) is 0.200. The average molecular weight is 355 g/mol. The van der Waals surface area contributed by atoms with E-state index in [0.717, 1.165) is 25.1 Å². The molecule has 0 unspecified atom stereocenters. The SMILES string of the molecule is COc1cccc2c1ccn2CCCC(c1ccccc1)c1ccccc1. The van der Waals surface area contributed by atoms with E-state index in [9.17, 15) is 0 Å². The van der Waals surface area contributed by atoms with Crippen LogP contribution in [0.5, 0.6) is 5.75 Å². The molecule has 0 amide bonds. The quantitative estimate of drug-likeness (QED) is 0.381. The van der Waals surface area contributed by atoms with E-state index in [1.54, 1.807) is 7.11 Å². The predicted molar refractivity (Wildman–Crippen MR) is 112 cm³/mol. The second-order valence-electron chi connectivity index (χ2n) is 6.92. The minimum Gasteiger partial charge on any atom is -0.496 e. The summed E-state index contributed by atoms with van der Waals surface area (Å²) in [4.78, 5) is 0. The second-order valence-corrected chi connectivity index (χ2v) is 6.92. The Morgan fingerprint density at radius 2 is 1.44 bits per heavy atom. The molecule has 3 aromatic carbocycles. The van der Waals surface area contributed by atoms with Crippen molar-refractivity contribution in [3.05, 3.63) is 102 Å². The number of aryl methyl sites for hydroxylation is 1. The zero-order valence-electron chi connectivity index (χ0n) is 15.7. The van der Waals surface area contributed by atoms with Gasteiger partial charge in [-0.1, -0.05) is 66.7 Å². The summed E-state index contributed by atoms with van der Waals surface area (Å²) in [5.41, 5.74) is 4.02. The fourth-order valence-corrected chi connectivity index (χ4v) is 3.93. The molecular formula is C25H25NO. The van der Waals surface area contributed by atoms with Gasteiger partial charge in [0.15, 0.2) is 0 Å². The molecule has 4 rings (SSSR count). The van der Waals surface area contributed by atoms with E-state index in [-0.39, 0.29) is 0 Å². The molecule has 0 saturated heterocycles. The second kappa shape index (κ2) is 8.13. The van der Waals surface area contributed by atoms with Gasteiger partial charge in [-0.2, -0.15) is 0 Å². The Morgan fingerprint density at radius 1 is 0.778 bits per heavy atom. The van der Waals surface area contributed by atoms with Crippen LogP contribution in [0.3, 0.4) is 0 Å². The molecule has 1 heterocycles. The third-order valence-corrected chi connectivity index (χ3v) is 5.29. The highest BCUT2D eigenvalue weighted by atomic mass is 16.5. The normalized spacial score (nSPS) is 11.2. The monoisotopic (exact) mass is 355 g/mol. The molecular weight excluding hydrogens is 330 g/mol. The molecule has 0 saturated carbocycles. The minimum absolute atomic E-state index is 0.434. The van der Waals surface area contributed by atoms with Crippen LogP contribution >= 0.6 is 0 Å². The highest BCUT2D eigenvalue weighted by molar-refractivity contribution is 5.86. The summed E-state index contributed by atoms with van der Waals surface area (Å²) >= 11 is 0. The van der Waals surface area contributed by atoms with Gasteiger partial charge in [-0.3, -0.25) is 0 Å². The first kappa shape index (κ1) is 17.4. The summed E-state index contributed by atoms with van der Waals surface area (Å²) in [6, 6.07) is 30.1. The van der Waals surface area contributed by atoms with Gasteiger partial charge in [0.2, 0.25) is 0 Å². The number of methoxy groups -OCH3 is 1. The standard InChI is InChI=1S/C25H25NO/c1-27-25-16-8-15-24-23(25)17-19-26(24)18-9-14-22(20-10-4-2-5-11-20)21-12-6-3-7-13-21/h2-8,10-13,15-17,19,22H,9,14,18H2,1H3. The highest BCUT2D eigenvalue weighted by Gasteiger charge is 2.14. The summed E-state index contributed by atoms with van der Waals surface area (Å²) in [5.74, 6) is 1.38. The van der Waals surface area contributed by atoms with E-state index in [2.05, 4.69) is 89.6 Å². The lowest BCUT2D eigenvalue weighted by molar-refractivity contribution is 0.420. The van der Waals surface area contributed by atoms with E-state index >= 15 is 0 Å². The van der Waals surface area contributed by atoms with Gasteiger partial charge >= 0.3 is 0 Å². The van der Waals surface area contributed by atoms with E-state index < -0.39 is 0 Å². The molecule has 27 heavy (non-hydrogen) atoms. The van der Waals surface area contributed by atoms with Crippen LogP contribution in [0, 0.1) is 0 Å². The Kier molecular flexibility index (Phi) is 5.24. The van der Waals surface area contributed by atoms with Crippen molar-refractivity contribution in [2.45, 2.75) is 25.3 Å². The van der Waals surface area contributed by atoms with Crippen molar-refractivity contribution >= 4 is 10.9 Å². The lowest BCUT2D eigenvalue weighted by atomic mass is 9.87. The summed E-state index contributed by atoms with van der Waals surface area (Å²) in [5, 5.41) is 1.18. The van der Waals surface area contributed by atoms with Gasteiger partial charge in [-0.05, 0) is 42.2 Å². The Balaban J connectivity index is 1.52. The minimum atomic E-state index is 0.434.